The molecule has 0 radical (unpaired) electrons. The molecule has 0 bridgehead atoms. The molecule has 0 aliphatic rings. The number of carbonyl (C=O) groups is 1. The summed E-state index contributed by atoms with van der Waals surface area (Å²) in [6.07, 6.45) is 0. The second-order valence-corrected chi connectivity index (χ2v) is 5.39. The first-order valence-electron chi connectivity index (χ1n) is 7.69. The van der Waals surface area contributed by atoms with Crippen molar-refractivity contribution in [2.75, 3.05) is 19.6 Å². The minimum atomic E-state index is -0.0319. The lowest BCUT2D eigenvalue weighted by Gasteiger charge is -2.08. The normalized spacial score (nSPS) is 10.7. The summed E-state index contributed by atoms with van der Waals surface area (Å²) in [5.41, 5.74) is 3.99. The summed E-state index contributed by atoms with van der Waals surface area (Å²) in [5.74, 6) is -0.0319. The van der Waals surface area contributed by atoms with Gasteiger partial charge in [-0.3, -0.25) is 9.48 Å². The molecule has 5 heteroatoms. The number of hydrogen-bond donors (Lipinski definition) is 2. The molecule has 0 atom stereocenters. The average molecular weight is 300 g/mol. The highest BCUT2D eigenvalue weighted by Gasteiger charge is 2.06. The first kappa shape index (κ1) is 16.2. The Bertz CT molecular complexity index is 616. The molecule has 0 fully saturated rings. The summed E-state index contributed by atoms with van der Waals surface area (Å²) < 4.78 is 1.97. The maximum atomic E-state index is 12.0. The molecule has 0 saturated carbocycles. The number of benzene rings is 1. The van der Waals surface area contributed by atoms with E-state index in [0.29, 0.717) is 12.1 Å². The van der Waals surface area contributed by atoms with Gasteiger partial charge >= 0.3 is 0 Å². The van der Waals surface area contributed by atoms with Gasteiger partial charge in [0, 0.05) is 24.3 Å². The summed E-state index contributed by atoms with van der Waals surface area (Å²) >= 11 is 0. The van der Waals surface area contributed by atoms with Crippen LogP contribution in [0.2, 0.25) is 0 Å². The molecule has 1 aromatic carbocycles. The van der Waals surface area contributed by atoms with Gasteiger partial charge in [0.1, 0.15) is 0 Å². The third kappa shape index (κ3) is 4.43. The average Bonchev–Trinajstić information content (AvgIpc) is 2.82. The van der Waals surface area contributed by atoms with Crippen molar-refractivity contribution < 1.29 is 4.79 Å². The van der Waals surface area contributed by atoms with Crippen LogP contribution in [0, 0.1) is 13.8 Å². The van der Waals surface area contributed by atoms with E-state index in [1.54, 1.807) is 0 Å². The van der Waals surface area contributed by atoms with Crippen molar-refractivity contribution in [2.24, 2.45) is 0 Å². The lowest BCUT2D eigenvalue weighted by atomic mass is 10.1. The molecule has 1 amide bonds. The van der Waals surface area contributed by atoms with E-state index in [4.69, 9.17) is 0 Å². The van der Waals surface area contributed by atoms with Crippen LogP contribution < -0.4 is 10.6 Å². The Hall–Kier alpha value is -2.14. The van der Waals surface area contributed by atoms with E-state index in [2.05, 4.69) is 21.8 Å². The molecule has 118 valence electrons. The molecule has 0 aliphatic carbocycles. The Balaban J connectivity index is 1.92. The van der Waals surface area contributed by atoms with Gasteiger partial charge in [0.2, 0.25) is 0 Å². The van der Waals surface area contributed by atoms with Gasteiger partial charge in [-0.15, -0.1) is 0 Å². The van der Waals surface area contributed by atoms with E-state index >= 15 is 0 Å². The zero-order chi connectivity index (χ0) is 15.9. The lowest BCUT2D eigenvalue weighted by Crippen LogP contribution is -2.31. The lowest BCUT2D eigenvalue weighted by molar-refractivity contribution is 0.0954. The molecule has 2 aromatic rings. The Morgan fingerprint density at radius 3 is 2.50 bits per heavy atom. The van der Waals surface area contributed by atoms with E-state index in [9.17, 15) is 4.79 Å². The molecule has 1 aromatic heterocycles. The summed E-state index contributed by atoms with van der Waals surface area (Å²) in [6, 6.07) is 9.75. The van der Waals surface area contributed by atoms with E-state index in [1.165, 1.54) is 0 Å². The molecule has 0 aliphatic heterocycles. The Labute approximate surface area is 131 Å². The van der Waals surface area contributed by atoms with E-state index < -0.39 is 0 Å². The molecule has 22 heavy (non-hydrogen) atoms. The first-order chi connectivity index (χ1) is 10.6. The quantitative estimate of drug-likeness (QED) is 0.768. The van der Waals surface area contributed by atoms with Crippen LogP contribution in [0.15, 0.2) is 30.3 Å². The number of hydrogen-bond acceptors (Lipinski definition) is 3. The molecule has 0 saturated heterocycles. The number of rotatable bonds is 7. The highest BCUT2D eigenvalue weighted by Crippen LogP contribution is 2.09. The largest absolute Gasteiger partial charge is 0.351 e. The topological polar surface area (TPSA) is 58.9 Å². The molecule has 5 nitrogen and oxygen atoms in total. The monoisotopic (exact) mass is 300 g/mol. The van der Waals surface area contributed by atoms with Crippen LogP contribution in [-0.4, -0.2) is 35.3 Å². The minimum absolute atomic E-state index is 0.0319. The van der Waals surface area contributed by atoms with Gasteiger partial charge in [0.15, 0.2) is 0 Å². The summed E-state index contributed by atoms with van der Waals surface area (Å²) in [5, 5.41) is 10.5. The SMILES string of the molecule is CCNCCNC(=O)c1ccc(Cn2nc(C)cc2C)cc1. The van der Waals surface area contributed by atoms with Gasteiger partial charge in [-0.25, -0.2) is 0 Å². The van der Waals surface area contributed by atoms with Crippen LogP contribution in [0.1, 0.15) is 34.2 Å². The Morgan fingerprint density at radius 2 is 1.91 bits per heavy atom. The number of aromatic nitrogens is 2. The maximum Gasteiger partial charge on any atom is 0.251 e. The fourth-order valence-electron chi connectivity index (χ4n) is 2.31. The predicted octanol–water partition coefficient (Wildman–Crippen LogP) is 1.89. The molecule has 0 spiro atoms. The third-order valence-electron chi connectivity index (χ3n) is 3.49. The highest BCUT2D eigenvalue weighted by molar-refractivity contribution is 5.94. The van der Waals surface area contributed by atoms with Crippen molar-refractivity contribution in [2.45, 2.75) is 27.3 Å². The number of carbonyl (C=O) groups excluding carboxylic acids is 1. The number of nitrogens with one attached hydrogen (secondary N) is 2. The fraction of sp³-hybridized carbons (Fsp3) is 0.412. The molecule has 0 unspecified atom stereocenters. The van der Waals surface area contributed by atoms with Gasteiger partial charge in [-0.1, -0.05) is 19.1 Å². The Kier molecular flexibility index (Phi) is 5.72. The van der Waals surface area contributed by atoms with Crippen LogP contribution >= 0.6 is 0 Å². The molecule has 2 rings (SSSR count). The fourth-order valence-corrected chi connectivity index (χ4v) is 2.31. The maximum absolute atomic E-state index is 12.0. The highest BCUT2D eigenvalue weighted by atomic mass is 16.1. The predicted molar refractivity (Wildman–Crippen MR) is 88.1 cm³/mol. The van der Waals surface area contributed by atoms with Crippen LogP contribution in [0.25, 0.3) is 0 Å². The molecule has 1 heterocycles. The molecular weight excluding hydrogens is 276 g/mol. The van der Waals surface area contributed by atoms with Crippen LogP contribution in [0.3, 0.4) is 0 Å². The van der Waals surface area contributed by atoms with E-state index in [0.717, 1.165) is 36.6 Å². The first-order valence-corrected chi connectivity index (χ1v) is 7.69. The standard InChI is InChI=1S/C17H24N4O/c1-4-18-9-10-19-17(22)16-7-5-15(6-8-16)12-21-14(3)11-13(2)20-21/h5-8,11,18H,4,9-10,12H2,1-3H3,(H,19,22). The second-order valence-electron chi connectivity index (χ2n) is 5.39. The van der Waals surface area contributed by atoms with Crippen LogP contribution in [0.5, 0.6) is 0 Å². The van der Waals surface area contributed by atoms with Crippen molar-refractivity contribution in [3.63, 3.8) is 0 Å². The van der Waals surface area contributed by atoms with E-state index in [-0.39, 0.29) is 5.91 Å². The summed E-state index contributed by atoms with van der Waals surface area (Å²) in [6.45, 7) is 9.15. The Morgan fingerprint density at radius 1 is 1.18 bits per heavy atom. The van der Waals surface area contributed by atoms with Crippen molar-refractivity contribution in [1.82, 2.24) is 20.4 Å². The van der Waals surface area contributed by atoms with Crippen molar-refractivity contribution in [3.8, 4) is 0 Å². The van der Waals surface area contributed by atoms with Gasteiger partial charge in [-0.05, 0) is 44.2 Å². The number of nitrogens with zero attached hydrogens (tertiary/aromatic N) is 2. The smallest absolute Gasteiger partial charge is 0.251 e. The zero-order valence-electron chi connectivity index (χ0n) is 13.5. The van der Waals surface area contributed by atoms with Gasteiger partial charge in [-0.2, -0.15) is 5.10 Å². The van der Waals surface area contributed by atoms with Gasteiger partial charge in [0.05, 0.1) is 12.2 Å². The number of amides is 1. The minimum Gasteiger partial charge on any atom is -0.351 e. The van der Waals surface area contributed by atoms with Crippen molar-refractivity contribution in [3.05, 3.63) is 52.8 Å². The third-order valence-corrected chi connectivity index (χ3v) is 3.49. The number of likely N-dealkylation sites (N-methyl/N-ethyl adjacent to an activating group) is 1. The molecule has 2 N–H and O–H groups in total. The van der Waals surface area contributed by atoms with Crippen LogP contribution in [-0.2, 0) is 6.54 Å². The summed E-state index contributed by atoms with van der Waals surface area (Å²) in [4.78, 5) is 12.0. The molecular formula is C17H24N4O. The van der Waals surface area contributed by atoms with Crippen molar-refractivity contribution >= 4 is 5.91 Å². The second kappa shape index (κ2) is 7.75. The summed E-state index contributed by atoms with van der Waals surface area (Å²) in [7, 11) is 0. The van der Waals surface area contributed by atoms with Crippen molar-refractivity contribution in [1.29, 1.82) is 0 Å². The van der Waals surface area contributed by atoms with Crippen LogP contribution in [0.4, 0.5) is 0 Å². The van der Waals surface area contributed by atoms with E-state index in [1.807, 2.05) is 49.7 Å². The zero-order valence-corrected chi connectivity index (χ0v) is 13.5. The van der Waals surface area contributed by atoms with Gasteiger partial charge in [0.25, 0.3) is 5.91 Å². The number of aryl methyl sites for hydroxylation is 2. The van der Waals surface area contributed by atoms with Gasteiger partial charge < -0.3 is 10.6 Å².